The molecule has 5 heteroatoms. The predicted molar refractivity (Wildman–Crippen MR) is 46.6 cm³/mol. The van der Waals surface area contributed by atoms with Crippen LogP contribution in [0.25, 0.3) is 11.0 Å². The molecule has 0 aliphatic heterocycles. The van der Waals surface area contributed by atoms with Crippen LogP contribution in [0.1, 0.15) is 0 Å². The number of pyridine rings is 1. The molecule has 2 aromatic rings. The Bertz CT molecular complexity index is 488. The molecule has 0 amide bonds. The smallest absolute Gasteiger partial charge is 0.227 e. The van der Waals surface area contributed by atoms with E-state index in [1.54, 1.807) is 6.20 Å². The molecule has 2 N–H and O–H groups in total. The minimum absolute atomic E-state index is 0.315. The molecule has 0 atom stereocenters. The van der Waals surface area contributed by atoms with Crippen LogP contribution in [0.5, 0.6) is 0 Å². The molecule has 0 saturated carbocycles. The van der Waals surface area contributed by atoms with Crippen molar-refractivity contribution in [3.8, 4) is 0 Å². The number of rotatable bonds is 0. The highest BCUT2D eigenvalue weighted by molar-refractivity contribution is 9.10. The van der Waals surface area contributed by atoms with Gasteiger partial charge in [0.05, 0.1) is 5.39 Å². The van der Waals surface area contributed by atoms with E-state index in [4.69, 9.17) is 0 Å². The number of H-pyrrole nitrogens is 2. The number of nitrogens with one attached hydrogen (secondary N) is 2. The molecule has 0 spiro atoms. The molecule has 2 rings (SSSR count). The third-order valence-electron chi connectivity index (χ3n) is 1.62. The molecule has 0 aliphatic rings. The molecular formula is C7H4BrFN2O. The third-order valence-corrected chi connectivity index (χ3v) is 2.24. The van der Waals surface area contributed by atoms with E-state index >= 15 is 0 Å². The van der Waals surface area contributed by atoms with Gasteiger partial charge in [-0.15, -0.1) is 0 Å². The van der Waals surface area contributed by atoms with Crippen molar-refractivity contribution in [2.45, 2.75) is 0 Å². The molecule has 62 valence electrons. The summed E-state index contributed by atoms with van der Waals surface area (Å²) in [5, 5.41) is 0.315. The zero-order chi connectivity index (χ0) is 8.72. The Balaban J connectivity index is 3.06. The number of aromatic nitrogens is 2. The van der Waals surface area contributed by atoms with Gasteiger partial charge in [0.25, 0.3) is 0 Å². The summed E-state index contributed by atoms with van der Waals surface area (Å²) in [7, 11) is 0. The van der Waals surface area contributed by atoms with Crippen molar-refractivity contribution in [1.29, 1.82) is 0 Å². The Morgan fingerprint density at radius 3 is 2.75 bits per heavy atom. The summed E-state index contributed by atoms with van der Waals surface area (Å²) in [5.74, 6) is -0.775. The molecule has 3 nitrogen and oxygen atoms in total. The fourth-order valence-corrected chi connectivity index (χ4v) is 1.55. The number of hydrogen-bond acceptors (Lipinski definition) is 1. The van der Waals surface area contributed by atoms with Gasteiger partial charge in [0.15, 0.2) is 5.82 Å². The molecule has 0 unspecified atom stereocenters. The first-order valence-corrected chi connectivity index (χ1v) is 4.03. The van der Waals surface area contributed by atoms with E-state index in [1.807, 2.05) is 0 Å². The number of hydrogen-bond donors (Lipinski definition) is 2. The van der Waals surface area contributed by atoms with Gasteiger partial charge >= 0.3 is 0 Å². The minimum Gasteiger partial charge on any atom is -0.346 e. The van der Waals surface area contributed by atoms with Crippen molar-refractivity contribution >= 4 is 27.0 Å². The molecule has 12 heavy (non-hydrogen) atoms. The summed E-state index contributed by atoms with van der Waals surface area (Å²) < 4.78 is 13.3. The summed E-state index contributed by atoms with van der Waals surface area (Å²) in [6.07, 6.45) is 2.62. The number of aromatic amines is 2. The van der Waals surface area contributed by atoms with Crippen LogP contribution in [-0.2, 0) is 0 Å². The second-order valence-electron chi connectivity index (χ2n) is 2.35. The lowest BCUT2D eigenvalue weighted by Crippen LogP contribution is -2.06. The highest BCUT2D eigenvalue weighted by atomic mass is 79.9. The van der Waals surface area contributed by atoms with Crippen molar-refractivity contribution in [3.63, 3.8) is 0 Å². The summed E-state index contributed by atoms with van der Waals surface area (Å²) in [4.78, 5) is 16.6. The van der Waals surface area contributed by atoms with Gasteiger partial charge < -0.3 is 9.97 Å². The molecule has 0 fully saturated rings. The van der Waals surface area contributed by atoms with Gasteiger partial charge in [-0.25, -0.2) is 4.39 Å². The van der Waals surface area contributed by atoms with Crippen molar-refractivity contribution in [1.82, 2.24) is 9.97 Å². The summed E-state index contributed by atoms with van der Waals surface area (Å²) >= 11 is 3.13. The zero-order valence-electron chi connectivity index (χ0n) is 5.82. The molecule has 0 saturated heterocycles. The predicted octanol–water partition coefficient (Wildman–Crippen LogP) is 1.76. The highest BCUT2D eigenvalue weighted by Gasteiger charge is 2.08. The second-order valence-corrected chi connectivity index (χ2v) is 3.21. The van der Waals surface area contributed by atoms with E-state index < -0.39 is 11.2 Å². The Labute approximate surface area is 74.7 Å². The highest BCUT2D eigenvalue weighted by Crippen LogP contribution is 2.18. The quantitative estimate of drug-likeness (QED) is 0.712. The van der Waals surface area contributed by atoms with Crippen LogP contribution in [0.4, 0.5) is 4.39 Å². The molecule has 0 radical (unpaired) electrons. The van der Waals surface area contributed by atoms with Crippen LogP contribution in [0, 0.1) is 5.82 Å². The zero-order valence-corrected chi connectivity index (χ0v) is 7.40. The lowest BCUT2D eigenvalue weighted by atomic mass is 10.3. The van der Waals surface area contributed by atoms with Crippen molar-refractivity contribution in [2.24, 2.45) is 0 Å². The first kappa shape index (κ1) is 7.54. The fraction of sp³-hybridized carbons (Fsp3) is 0. The third kappa shape index (κ3) is 0.896. The molecule has 2 aromatic heterocycles. The summed E-state index contributed by atoms with van der Waals surface area (Å²) in [6, 6.07) is 0. The standard InChI is InChI=1S/C7H4BrFN2O/c8-3-1-10-7-5(3)6(12)4(9)2-11-7/h1-2H,(H2,10,11,12). The maximum atomic E-state index is 12.7. The van der Waals surface area contributed by atoms with Crippen LogP contribution >= 0.6 is 15.9 Å². The van der Waals surface area contributed by atoms with Crippen LogP contribution < -0.4 is 5.43 Å². The minimum atomic E-state index is -0.775. The maximum Gasteiger partial charge on any atom is 0.227 e. The van der Waals surface area contributed by atoms with Crippen LogP contribution in [0.2, 0.25) is 0 Å². The van der Waals surface area contributed by atoms with Gasteiger partial charge in [-0.05, 0) is 15.9 Å². The molecule has 0 aliphatic carbocycles. The summed E-state index contributed by atoms with van der Waals surface area (Å²) in [6.45, 7) is 0. The second kappa shape index (κ2) is 2.45. The topological polar surface area (TPSA) is 48.6 Å². The average Bonchev–Trinajstić information content (AvgIpc) is 2.41. The van der Waals surface area contributed by atoms with Gasteiger partial charge in [0.2, 0.25) is 5.43 Å². The Hall–Kier alpha value is -1.10. The Morgan fingerprint density at radius 2 is 2.00 bits per heavy atom. The molecule has 0 aromatic carbocycles. The van der Waals surface area contributed by atoms with Gasteiger partial charge in [-0.1, -0.05) is 0 Å². The van der Waals surface area contributed by atoms with Gasteiger partial charge in [-0.3, -0.25) is 4.79 Å². The SMILES string of the molecule is O=c1c(F)c[nH]c2[nH]cc(Br)c12. The van der Waals surface area contributed by atoms with E-state index in [0.29, 0.717) is 15.5 Å². The van der Waals surface area contributed by atoms with Crippen LogP contribution in [0.15, 0.2) is 21.7 Å². The molecule has 0 bridgehead atoms. The normalized spacial score (nSPS) is 10.8. The van der Waals surface area contributed by atoms with E-state index in [2.05, 4.69) is 25.9 Å². The van der Waals surface area contributed by atoms with Gasteiger partial charge in [0, 0.05) is 16.9 Å². The van der Waals surface area contributed by atoms with E-state index in [-0.39, 0.29) is 0 Å². The largest absolute Gasteiger partial charge is 0.346 e. The van der Waals surface area contributed by atoms with E-state index in [0.717, 1.165) is 6.20 Å². The number of halogens is 2. The first-order valence-electron chi connectivity index (χ1n) is 3.24. The average molecular weight is 231 g/mol. The summed E-state index contributed by atoms with van der Waals surface area (Å²) in [5.41, 5.74) is -0.0786. The Morgan fingerprint density at radius 1 is 1.33 bits per heavy atom. The molecule has 2 heterocycles. The van der Waals surface area contributed by atoms with Crippen LogP contribution in [0.3, 0.4) is 0 Å². The lowest BCUT2D eigenvalue weighted by molar-refractivity contribution is 0.614. The first-order chi connectivity index (χ1) is 5.70. The van der Waals surface area contributed by atoms with Gasteiger partial charge in [-0.2, -0.15) is 0 Å². The van der Waals surface area contributed by atoms with Crippen molar-refractivity contribution in [2.75, 3.05) is 0 Å². The van der Waals surface area contributed by atoms with E-state index in [1.165, 1.54) is 0 Å². The van der Waals surface area contributed by atoms with E-state index in [9.17, 15) is 9.18 Å². The van der Waals surface area contributed by atoms with Crippen LogP contribution in [-0.4, -0.2) is 9.97 Å². The number of fused-ring (bicyclic) bond motifs is 1. The Kier molecular flexibility index (Phi) is 1.54. The lowest BCUT2D eigenvalue weighted by Gasteiger charge is -1.89. The van der Waals surface area contributed by atoms with Crippen molar-refractivity contribution < 1.29 is 4.39 Å². The maximum absolute atomic E-state index is 12.7. The monoisotopic (exact) mass is 230 g/mol. The van der Waals surface area contributed by atoms with Crippen molar-refractivity contribution in [3.05, 3.63) is 32.9 Å². The fourth-order valence-electron chi connectivity index (χ4n) is 1.06. The molecular weight excluding hydrogens is 227 g/mol. The van der Waals surface area contributed by atoms with Gasteiger partial charge in [0.1, 0.15) is 5.65 Å².